The van der Waals surface area contributed by atoms with Gasteiger partial charge in [-0.2, -0.15) is 4.98 Å². The summed E-state index contributed by atoms with van der Waals surface area (Å²) in [6.07, 6.45) is 2.85. The molecule has 1 saturated carbocycles. The van der Waals surface area contributed by atoms with Crippen LogP contribution in [0, 0.1) is 5.92 Å². The summed E-state index contributed by atoms with van der Waals surface area (Å²) in [5, 5.41) is 6.49. The number of aromatic nitrogens is 3. The molecule has 1 atom stereocenters. The van der Waals surface area contributed by atoms with E-state index in [1.165, 1.54) is 24.2 Å². The fourth-order valence-corrected chi connectivity index (χ4v) is 2.58. The minimum absolute atomic E-state index is 0.0250. The Hall–Kier alpha value is -1.47. The number of nitrogens with two attached hydrogens (primary N) is 1. The molecule has 0 spiro atoms. The summed E-state index contributed by atoms with van der Waals surface area (Å²) in [6, 6.07) is 0. The molecule has 2 N–H and O–H groups in total. The molecular formula is C12H16N4O2S. The minimum Gasteiger partial charge on any atom is -0.375 e. The molecule has 7 heteroatoms. The summed E-state index contributed by atoms with van der Waals surface area (Å²) in [6.45, 7) is 2.64. The van der Waals surface area contributed by atoms with Crippen LogP contribution in [0.1, 0.15) is 43.3 Å². The second-order valence-corrected chi connectivity index (χ2v) is 5.50. The molecule has 19 heavy (non-hydrogen) atoms. The number of thiazole rings is 1. The van der Waals surface area contributed by atoms with E-state index in [0.717, 1.165) is 5.69 Å². The minimum atomic E-state index is -0.0250. The third-order valence-electron chi connectivity index (χ3n) is 3.04. The molecule has 0 aromatic carbocycles. The zero-order chi connectivity index (χ0) is 13.2. The predicted molar refractivity (Wildman–Crippen MR) is 70.7 cm³/mol. The summed E-state index contributed by atoms with van der Waals surface area (Å²) in [5.74, 6) is 1.76. The van der Waals surface area contributed by atoms with Crippen molar-refractivity contribution in [3.8, 4) is 0 Å². The van der Waals surface area contributed by atoms with Gasteiger partial charge >= 0.3 is 0 Å². The van der Waals surface area contributed by atoms with E-state index in [1.807, 2.05) is 12.3 Å². The summed E-state index contributed by atoms with van der Waals surface area (Å²) < 4.78 is 11.0. The average molecular weight is 280 g/mol. The van der Waals surface area contributed by atoms with E-state index in [-0.39, 0.29) is 6.10 Å². The Morgan fingerprint density at radius 3 is 3.00 bits per heavy atom. The number of rotatable bonds is 6. The van der Waals surface area contributed by atoms with Gasteiger partial charge < -0.3 is 15.0 Å². The van der Waals surface area contributed by atoms with Crippen LogP contribution >= 0.6 is 11.3 Å². The quantitative estimate of drug-likeness (QED) is 0.872. The van der Waals surface area contributed by atoms with Crippen LogP contribution in [0.2, 0.25) is 0 Å². The Kier molecular flexibility index (Phi) is 3.48. The highest BCUT2D eigenvalue weighted by Crippen LogP contribution is 2.42. The predicted octanol–water partition coefficient (Wildman–Crippen LogP) is 2.19. The van der Waals surface area contributed by atoms with Gasteiger partial charge in [-0.05, 0) is 25.7 Å². The molecule has 3 rings (SSSR count). The normalized spacial score (nSPS) is 16.7. The number of nitrogens with zero attached hydrogens (tertiary/aromatic N) is 3. The number of nitrogen functional groups attached to an aromatic ring is 1. The number of hydrogen-bond donors (Lipinski definition) is 1. The summed E-state index contributed by atoms with van der Waals surface area (Å²) in [7, 11) is 0. The lowest BCUT2D eigenvalue weighted by Gasteiger charge is -2.10. The Morgan fingerprint density at radius 2 is 2.37 bits per heavy atom. The lowest BCUT2D eigenvalue weighted by atomic mass is 10.2. The second-order valence-electron chi connectivity index (χ2n) is 4.61. The first-order valence-corrected chi connectivity index (χ1v) is 7.28. The smallest absolute Gasteiger partial charge is 0.232 e. The van der Waals surface area contributed by atoms with E-state index in [2.05, 4.69) is 15.1 Å². The van der Waals surface area contributed by atoms with Crippen molar-refractivity contribution in [2.45, 2.75) is 32.3 Å². The van der Waals surface area contributed by atoms with Gasteiger partial charge in [0.15, 0.2) is 5.13 Å². The van der Waals surface area contributed by atoms with Crippen LogP contribution in [-0.4, -0.2) is 21.7 Å². The first-order chi connectivity index (χ1) is 9.26. The monoisotopic (exact) mass is 280 g/mol. The highest BCUT2D eigenvalue weighted by Gasteiger charge is 2.36. The Morgan fingerprint density at radius 1 is 1.53 bits per heavy atom. The number of hydrogen-bond acceptors (Lipinski definition) is 7. The lowest BCUT2D eigenvalue weighted by molar-refractivity contribution is 0.0384. The van der Waals surface area contributed by atoms with Gasteiger partial charge in [0.25, 0.3) is 0 Å². The molecule has 0 radical (unpaired) electrons. The molecule has 1 aliphatic rings. The molecule has 0 amide bonds. The Balaban J connectivity index is 1.71. The maximum atomic E-state index is 5.70. The highest BCUT2D eigenvalue weighted by molar-refractivity contribution is 7.13. The fraction of sp³-hybridized carbons (Fsp3) is 0.583. The van der Waals surface area contributed by atoms with Crippen molar-refractivity contribution < 1.29 is 9.26 Å². The molecule has 102 valence electrons. The topological polar surface area (TPSA) is 87.1 Å². The van der Waals surface area contributed by atoms with Gasteiger partial charge in [0.1, 0.15) is 6.10 Å². The zero-order valence-electron chi connectivity index (χ0n) is 10.7. The van der Waals surface area contributed by atoms with Gasteiger partial charge in [-0.1, -0.05) is 5.16 Å². The molecule has 1 aliphatic carbocycles. The molecule has 1 fully saturated rings. The molecule has 2 heterocycles. The average Bonchev–Trinajstić information content (AvgIpc) is 3.00. The van der Waals surface area contributed by atoms with Crippen LogP contribution in [0.4, 0.5) is 5.13 Å². The first-order valence-electron chi connectivity index (χ1n) is 6.40. The summed E-state index contributed by atoms with van der Waals surface area (Å²) in [5.41, 5.74) is 6.45. The highest BCUT2D eigenvalue weighted by atomic mass is 32.1. The van der Waals surface area contributed by atoms with Crippen LogP contribution in [0.25, 0.3) is 0 Å². The molecule has 0 bridgehead atoms. The molecule has 0 saturated heterocycles. The van der Waals surface area contributed by atoms with Crippen molar-refractivity contribution in [2.75, 3.05) is 12.3 Å². The summed E-state index contributed by atoms with van der Waals surface area (Å²) in [4.78, 5) is 8.60. The zero-order valence-corrected chi connectivity index (χ0v) is 11.5. The second kappa shape index (κ2) is 5.26. The SMILES string of the molecule is CCOC(c1noc(Cc2csc(N)n2)n1)C1CC1. The van der Waals surface area contributed by atoms with Gasteiger partial charge in [-0.25, -0.2) is 4.98 Å². The molecule has 1 unspecified atom stereocenters. The van der Waals surface area contributed by atoms with Crippen LogP contribution in [0.15, 0.2) is 9.90 Å². The van der Waals surface area contributed by atoms with Gasteiger partial charge in [-0.15, -0.1) is 11.3 Å². The number of ether oxygens (including phenoxy) is 1. The van der Waals surface area contributed by atoms with Crippen LogP contribution in [-0.2, 0) is 11.2 Å². The molecule has 2 aromatic heterocycles. The standard InChI is InChI=1S/C12H16N4O2S/c1-2-17-10(7-3-4-7)11-15-9(18-16-11)5-8-6-19-12(13)14-8/h6-7,10H,2-5H2,1H3,(H2,13,14). The first kappa shape index (κ1) is 12.6. The van der Waals surface area contributed by atoms with Crippen molar-refractivity contribution >= 4 is 16.5 Å². The molecular weight excluding hydrogens is 264 g/mol. The van der Waals surface area contributed by atoms with E-state index >= 15 is 0 Å². The van der Waals surface area contributed by atoms with Crippen molar-refractivity contribution in [3.63, 3.8) is 0 Å². The maximum Gasteiger partial charge on any atom is 0.232 e. The molecule has 0 aliphatic heterocycles. The van der Waals surface area contributed by atoms with Crippen LogP contribution in [0.3, 0.4) is 0 Å². The number of anilines is 1. The third-order valence-corrected chi connectivity index (χ3v) is 3.76. The van der Waals surface area contributed by atoms with E-state index in [0.29, 0.717) is 35.8 Å². The van der Waals surface area contributed by atoms with Crippen LogP contribution < -0.4 is 5.73 Å². The van der Waals surface area contributed by atoms with Crippen molar-refractivity contribution in [2.24, 2.45) is 5.92 Å². The van der Waals surface area contributed by atoms with Crippen molar-refractivity contribution in [1.29, 1.82) is 0 Å². The van der Waals surface area contributed by atoms with E-state index in [4.69, 9.17) is 15.0 Å². The maximum absolute atomic E-state index is 5.70. The van der Waals surface area contributed by atoms with Gasteiger partial charge in [0.2, 0.25) is 11.7 Å². The Labute approximate surface area is 115 Å². The van der Waals surface area contributed by atoms with E-state index in [1.54, 1.807) is 0 Å². The van der Waals surface area contributed by atoms with E-state index < -0.39 is 0 Å². The summed E-state index contributed by atoms with van der Waals surface area (Å²) >= 11 is 1.41. The van der Waals surface area contributed by atoms with Gasteiger partial charge in [-0.3, -0.25) is 0 Å². The lowest BCUT2D eigenvalue weighted by Crippen LogP contribution is -2.08. The Bertz CT molecular complexity index is 549. The van der Waals surface area contributed by atoms with Gasteiger partial charge in [0.05, 0.1) is 12.1 Å². The van der Waals surface area contributed by atoms with Crippen molar-refractivity contribution in [3.05, 3.63) is 22.8 Å². The van der Waals surface area contributed by atoms with Crippen LogP contribution in [0.5, 0.6) is 0 Å². The van der Waals surface area contributed by atoms with E-state index in [9.17, 15) is 0 Å². The van der Waals surface area contributed by atoms with Crippen molar-refractivity contribution in [1.82, 2.24) is 15.1 Å². The fourth-order valence-electron chi connectivity index (χ4n) is 2.01. The third kappa shape index (κ3) is 2.93. The molecule has 2 aromatic rings. The van der Waals surface area contributed by atoms with Gasteiger partial charge in [0, 0.05) is 12.0 Å². The largest absolute Gasteiger partial charge is 0.375 e. The molecule has 6 nitrogen and oxygen atoms in total.